The molecule has 0 saturated carbocycles. The van der Waals surface area contributed by atoms with E-state index in [-0.39, 0.29) is 17.7 Å². The van der Waals surface area contributed by atoms with Crippen molar-refractivity contribution < 1.29 is 23.5 Å². The topological polar surface area (TPSA) is 88.9 Å². The van der Waals surface area contributed by atoms with E-state index in [1.54, 1.807) is 29.2 Å². The lowest BCUT2D eigenvalue weighted by molar-refractivity contribution is -0.121. The summed E-state index contributed by atoms with van der Waals surface area (Å²) in [4.78, 5) is 39.2. The van der Waals surface area contributed by atoms with Crippen molar-refractivity contribution >= 4 is 39.4 Å². The van der Waals surface area contributed by atoms with Crippen molar-refractivity contribution in [2.24, 2.45) is 5.92 Å². The molecule has 1 aliphatic rings. The van der Waals surface area contributed by atoms with Crippen molar-refractivity contribution in [2.45, 2.75) is 26.2 Å². The summed E-state index contributed by atoms with van der Waals surface area (Å²) in [5.41, 5.74) is 1.25. The first-order chi connectivity index (χ1) is 14.0. The van der Waals surface area contributed by atoms with Gasteiger partial charge in [-0.25, -0.2) is 4.79 Å². The maximum atomic E-state index is 12.8. The van der Waals surface area contributed by atoms with Crippen molar-refractivity contribution in [2.75, 3.05) is 25.0 Å². The molecule has 0 atom stereocenters. The van der Waals surface area contributed by atoms with Gasteiger partial charge in [0.2, 0.25) is 5.91 Å². The van der Waals surface area contributed by atoms with Crippen LogP contribution in [-0.4, -0.2) is 42.4 Å². The predicted octanol–water partition coefficient (Wildman–Crippen LogP) is 4.10. The lowest BCUT2D eigenvalue weighted by Gasteiger charge is -2.31. The number of halogens is 1. The Bertz CT molecular complexity index is 873. The second kappa shape index (κ2) is 9.73. The van der Waals surface area contributed by atoms with Gasteiger partial charge in [-0.3, -0.25) is 9.59 Å². The van der Waals surface area contributed by atoms with E-state index in [0.29, 0.717) is 49.4 Å². The number of esters is 1. The van der Waals surface area contributed by atoms with Gasteiger partial charge in [-0.2, -0.15) is 0 Å². The smallest absolute Gasteiger partial charge is 0.340 e. The summed E-state index contributed by atoms with van der Waals surface area (Å²) >= 11 is 3.35. The van der Waals surface area contributed by atoms with Crippen molar-refractivity contribution in [3.63, 3.8) is 0 Å². The minimum absolute atomic E-state index is 0.0912. The van der Waals surface area contributed by atoms with Gasteiger partial charge >= 0.3 is 5.97 Å². The molecule has 1 aromatic carbocycles. The highest BCUT2D eigenvalue weighted by Gasteiger charge is 2.29. The first-order valence-electron chi connectivity index (χ1n) is 9.58. The number of nitrogens with zero attached hydrogens (tertiary/aromatic N) is 1. The van der Waals surface area contributed by atoms with E-state index in [4.69, 9.17) is 9.15 Å². The Hall–Kier alpha value is -2.61. The summed E-state index contributed by atoms with van der Waals surface area (Å²) in [7, 11) is 0. The number of hydrogen-bond acceptors (Lipinski definition) is 5. The molecule has 0 radical (unpaired) electrons. The quantitative estimate of drug-likeness (QED) is 0.652. The summed E-state index contributed by atoms with van der Waals surface area (Å²) in [6.07, 6.45) is 4.73. The molecule has 1 aliphatic heterocycles. The molecule has 0 bridgehead atoms. The van der Waals surface area contributed by atoms with E-state index in [2.05, 4.69) is 21.2 Å². The van der Waals surface area contributed by atoms with E-state index in [1.807, 2.05) is 6.92 Å². The van der Waals surface area contributed by atoms with Crippen LogP contribution in [0.5, 0.6) is 0 Å². The fraction of sp³-hybridized carbons (Fsp3) is 0.381. The average molecular weight is 463 g/mol. The number of furan rings is 1. The van der Waals surface area contributed by atoms with Gasteiger partial charge in [0.25, 0.3) is 5.91 Å². The van der Waals surface area contributed by atoms with Gasteiger partial charge in [-0.15, -0.1) is 0 Å². The fourth-order valence-corrected chi connectivity index (χ4v) is 3.58. The molecule has 0 spiro atoms. The maximum Gasteiger partial charge on any atom is 0.340 e. The van der Waals surface area contributed by atoms with E-state index >= 15 is 0 Å². The highest BCUT2D eigenvalue weighted by molar-refractivity contribution is 9.10. The SMILES string of the molecule is CCCOC(=O)c1cc(Br)ccc1NC(=O)C1CCN(C(=O)c2ccoc2)CC1. The van der Waals surface area contributed by atoms with Crippen LogP contribution in [0.3, 0.4) is 0 Å². The number of carbonyl (C=O) groups is 3. The largest absolute Gasteiger partial charge is 0.472 e. The summed E-state index contributed by atoms with van der Waals surface area (Å²) in [5, 5.41) is 2.86. The highest BCUT2D eigenvalue weighted by Crippen LogP contribution is 2.25. The van der Waals surface area contributed by atoms with Crippen molar-refractivity contribution in [3.8, 4) is 0 Å². The molecule has 2 aromatic rings. The summed E-state index contributed by atoms with van der Waals surface area (Å²) in [5.74, 6) is -0.950. The molecule has 3 rings (SSSR count). The van der Waals surface area contributed by atoms with Gasteiger partial charge in [0.05, 0.1) is 29.7 Å². The van der Waals surface area contributed by atoms with Crippen LogP contribution in [-0.2, 0) is 9.53 Å². The molecule has 154 valence electrons. The van der Waals surface area contributed by atoms with Crippen LogP contribution < -0.4 is 5.32 Å². The van der Waals surface area contributed by atoms with Crippen LogP contribution in [0.4, 0.5) is 5.69 Å². The van der Waals surface area contributed by atoms with Gasteiger partial charge in [0.15, 0.2) is 0 Å². The van der Waals surface area contributed by atoms with Crippen LogP contribution in [0.15, 0.2) is 45.7 Å². The number of rotatable bonds is 6. The predicted molar refractivity (Wildman–Crippen MR) is 111 cm³/mol. The number of hydrogen-bond donors (Lipinski definition) is 1. The molecule has 1 N–H and O–H groups in total. The molecular formula is C21H23BrN2O5. The number of benzene rings is 1. The number of amides is 2. The summed E-state index contributed by atoms with van der Waals surface area (Å²) in [6.45, 7) is 3.23. The highest BCUT2D eigenvalue weighted by atomic mass is 79.9. The Morgan fingerprint density at radius 1 is 1.24 bits per heavy atom. The lowest BCUT2D eigenvalue weighted by Crippen LogP contribution is -2.41. The molecule has 2 amide bonds. The second-order valence-electron chi connectivity index (χ2n) is 6.89. The number of carbonyl (C=O) groups excluding carboxylic acids is 3. The molecule has 7 nitrogen and oxygen atoms in total. The van der Waals surface area contributed by atoms with Crippen LogP contribution in [0.1, 0.15) is 46.9 Å². The molecule has 0 unspecified atom stereocenters. The van der Waals surface area contributed by atoms with Gasteiger partial charge < -0.3 is 19.4 Å². The number of likely N-dealkylation sites (tertiary alicyclic amines) is 1. The third-order valence-corrected chi connectivity index (χ3v) is 5.31. The zero-order valence-electron chi connectivity index (χ0n) is 16.2. The zero-order chi connectivity index (χ0) is 20.8. The van der Waals surface area contributed by atoms with Crippen molar-refractivity contribution in [3.05, 3.63) is 52.4 Å². The Labute approximate surface area is 177 Å². The van der Waals surface area contributed by atoms with E-state index < -0.39 is 5.97 Å². The molecule has 1 aromatic heterocycles. The van der Waals surface area contributed by atoms with Crippen molar-refractivity contribution in [1.82, 2.24) is 4.90 Å². The Morgan fingerprint density at radius 3 is 2.66 bits per heavy atom. The number of piperidine rings is 1. The van der Waals surface area contributed by atoms with E-state index in [1.165, 1.54) is 12.5 Å². The minimum Gasteiger partial charge on any atom is -0.472 e. The monoisotopic (exact) mass is 462 g/mol. The fourth-order valence-electron chi connectivity index (χ4n) is 3.22. The molecule has 29 heavy (non-hydrogen) atoms. The van der Waals surface area contributed by atoms with E-state index in [9.17, 15) is 14.4 Å². The number of ether oxygens (including phenoxy) is 1. The van der Waals surface area contributed by atoms with Crippen LogP contribution in [0.2, 0.25) is 0 Å². The number of nitrogens with one attached hydrogen (secondary N) is 1. The minimum atomic E-state index is -0.469. The lowest BCUT2D eigenvalue weighted by atomic mass is 9.95. The first kappa shape index (κ1) is 21.1. The van der Waals surface area contributed by atoms with Crippen LogP contribution >= 0.6 is 15.9 Å². The molecule has 1 saturated heterocycles. The summed E-state index contributed by atoms with van der Waals surface area (Å²) < 4.78 is 10.9. The summed E-state index contributed by atoms with van der Waals surface area (Å²) in [6, 6.07) is 6.72. The van der Waals surface area contributed by atoms with Gasteiger partial charge in [0.1, 0.15) is 6.26 Å². The normalized spacial score (nSPS) is 14.5. The number of anilines is 1. The first-order valence-corrected chi connectivity index (χ1v) is 10.4. The standard InChI is InChI=1S/C21H23BrN2O5/c1-2-10-29-21(27)17-12-16(22)3-4-18(17)23-19(25)14-5-8-24(9-6-14)20(26)15-7-11-28-13-15/h3-4,7,11-14H,2,5-6,8-10H2,1H3,(H,23,25). The third kappa shape index (κ3) is 5.26. The van der Waals surface area contributed by atoms with E-state index in [0.717, 1.165) is 10.9 Å². The van der Waals surface area contributed by atoms with Crippen molar-refractivity contribution in [1.29, 1.82) is 0 Å². The molecule has 2 heterocycles. The van der Waals surface area contributed by atoms with Crippen LogP contribution in [0, 0.1) is 5.92 Å². The average Bonchev–Trinajstić information content (AvgIpc) is 3.27. The zero-order valence-corrected chi connectivity index (χ0v) is 17.7. The van der Waals surface area contributed by atoms with Gasteiger partial charge in [0, 0.05) is 23.5 Å². The molecule has 0 aliphatic carbocycles. The molecule has 1 fully saturated rings. The maximum absolute atomic E-state index is 12.8. The Balaban J connectivity index is 1.61. The Morgan fingerprint density at radius 2 is 2.00 bits per heavy atom. The van der Waals surface area contributed by atoms with Gasteiger partial charge in [-0.05, 0) is 43.5 Å². The van der Waals surface area contributed by atoms with Crippen LogP contribution in [0.25, 0.3) is 0 Å². The van der Waals surface area contributed by atoms with Gasteiger partial charge in [-0.1, -0.05) is 22.9 Å². The molecule has 8 heteroatoms. The molecular weight excluding hydrogens is 440 g/mol. The second-order valence-corrected chi connectivity index (χ2v) is 7.81. The Kier molecular flexibility index (Phi) is 7.09. The third-order valence-electron chi connectivity index (χ3n) is 4.82.